The summed E-state index contributed by atoms with van der Waals surface area (Å²) in [6, 6.07) is 3.37. The topological polar surface area (TPSA) is 20.7 Å². The third-order valence-corrected chi connectivity index (χ3v) is 3.95. The van der Waals surface area contributed by atoms with E-state index in [9.17, 15) is 4.39 Å². The van der Waals surface area contributed by atoms with Crippen LogP contribution in [0.15, 0.2) is 12.1 Å². The minimum Gasteiger partial charge on any atom is -0.331 e. The first-order chi connectivity index (χ1) is 8.13. The molecule has 1 aromatic carbocycles. The van der Waals surface area contributed by atoms with Crippen molar-refractivity contribution in [2.24, 2.45) is 0 Å². The molecule has 0 fully saturated rings. The number of aromatic nitrogens is 2. The largest absolute Gasteiger partial charge is 0.331 e. The van der Waals surface area contributed by atoms with Gasteiger partial charge in [0.2, 0.25) is 0 Å². The van der Waals surface area contributed by atoms with Crippen LogP contribution in [-0.2, 0) is 6.54 Å². The highest BCUT2D eigenvalue weighted by Crippen LogP contribution is 2.21. The van der Waals surface area contributed by atoms with Gasteiger partial charge in [-0.15, -0.1) is 0 Å². The third kappa shape index (κ3) is 2.70. The standard InChI is InChI=1S/C12H14FIN2S/c1-2-3-4-5-16-11-6-8(13)9(14)7-10(11)15-12(16)17/h6-7H,2-5H2,1H3,(H,15,17). The first-order valence-corrected chi connectivity index (χ1v) is 7.19. The maximum atomic E-state index is 13.6. The van der Waals surface area contributed by atoms with Gasteiger partial charge in [-0.2, -0.15) is 0 Å². The Morgan fingerprint density at radius 1 is 1.41 bits per heavy atom. The van der Waals surface area contributed by atoms with Crippen molar-refractivity contribution in [1.29, 1.82) is 0 Å². The molecule has 0 amide bonds. The Hall–Kier alpha value is -0.430. The molecule has 2 rings (SSSR count). The van der Waals surface area contributed by atoms with E-state index in [0.717, 1.165) is 24.0 Å². The van der Waals surface area contributed by atoms with Crippen LogP contribution in [0.5, 0.6) is 0 Å². The number of aromatic amines is 1. The molecule has 0 unspecified atom stereocenters. The van der Waals surface area contributed by atoms with Gasteiger partial charge in [0.25, 0.3) is 0 Å². The van der Waals surface area contributed by atoms with Crippen LogP contribution in [0.2, 0.25) is 0 Å². The van der Waals surface area contributed by atoms with Gasteiger partial charge in [-0.25, -0.2) is 4.39 Å². The number of rotatable bonds is 4. The van der Waals surface area contributed by atoms with E-state index in [1.54, 1.807) is 12.1 Å². The number of unbranched alkanes of at least 4 members (excludes halogenated alkanes) is 2. The zero-order valence-corrected chi connectivity index (χ0v) is 12.6. The summed E-state index contributed by atoms with van der Waals surface area (Å²) in [4.78, 5) is 3.13. The van der Waals surface area contributed by atoms with Gasteiger partial charge in [-0.05, 0) is 47.3 Å². The molecule has 0 bridgehead atoms. The number of benzene rings is 1. The second kappa shape index (κ2) is 5.48. The number of nitrogens with zero attached hydrogens (tertiary/aromatic N) is 1. The molecule has 0 aliphatic carbocycles. The van der Waals surface area contributed by atoms with E-state index in [0.29, 0.717) is 8.34 Å². The van der Waals surface area contributed by atoms with Gasteiger partial charge in [-0.1, -0.05) is 19.8 Å². The lowest BCUT2D eigenvalue weighted by atomic mass is 10.2. The quantitative estimate of drug-likeness (QED) is 0.477. The van der Waals surface area contributed by atoms with E-state index in [4.69, 9.17) is 12.2 Å². The third-order valence-electron chi connectivity index (χ3n) is 2.80. The van der Waals surface area contributed by atoms with E-state index >= 15 is 0 Å². The predicted octanol–water partition coefficient (Wildman–Crippen LogP) is 4.63. The van der Waals surface area contributed by atoms with Gasteiger partial charge in [-0.3, -0.25) is 0 Å². The molecule has 0 aliphatic heterocycles. The lowest BCUT2D eigenvalue weighted by molar-refractivity contribution is 0.602. The van der Waals surface area contributed by atoms with Gasteiger partial charge in [0.1, 0.15) is 5.82 Å². The number of halogens is 2. The van der Waals surface area contributed by atoms with Crippen molar-refractivity contribution in [2.75, 3.05) is 0 Å². The minimum atomic E-state index is -0.184. The molecular weight excluding hydrogens is 350 g/mol. The summed E-state index contributed by atoms with van der Waals surface area (Å²) >= 11 is 7.26. The van der Waals surface area contributed by atoms with Crippen LogP contribution in [-0.4, -0.2) is 9.55 Å². The van der Waals surface area contributed by atoms with E-state index in [-0.39, 0.29) is 5.82 Å². The van der Waals surface area contributed by atoms with Crippen LogP contribution >= 0.6 is 34.8 Å². The summed E-state index contributed by atoms with van der Waals surface area (Å²) in [5.74, 6) is -0.184. The Kier molecular flexibility index (Phi) is 4.19. The number of imidazole rings is 1. The normalized spacial score (nSPS) is 11.2. The fourth-order valence-electron chi connectivity index (χ4n) is 1.89. The van der Waals surface area contributed by atoms with Crippen molar-refractivity contribution >= 4 is 45.8 Å². The lowest BCUT2D eigenvalue weighted by Gasteiger charge is -2.04. The molecule has 5 heteroatoms. The Bertz CT molecular complexity index is 588. The van der Waals surface area contributed by atoms with Gasteiger partial charge in [0, 0.05) is 12.6 Å². The van der Waals surface area contributed by atoms with Gasteiger partial charge in [0.15, 0.2) is 4.77 Å². The molecule has 0 aliphatic rings. The molecule has 2 nitrogen and oxygen atoms in total. The number of hydrogen-bond acceptors (Lipinski definition) is 1. The molecule has 0 atom stereocenters. The number of H-pyrrole nitrogens is 1. The minimum absolute atomic E-state index is 0.184. The molecule has 0 spiro atoms. The van der Waals surface area contributed by atoms with Crippen molar-refractivity contribution in [2.45, 2.75) is 32.7 Å². The summed E-state index contributed by atoms with van der Waals surface area (Å²) in [5.41, 5.74) is 1.78. The smallest absolute Gasteiger partial charge is 0.178 e. The molecule has 1 heterocycles. The van der Waals surface area contributed by atoms with Gasteiger partial charge in [0.05, 0.1) is 14.6 Å². The van der Waals surface area contributed by atoms with Crippen molar-refractivity contribution in [3.05, 3.63) is 26.3 Å². The highest BCUT2D eigenvalue weighted by Gasteiger charge is 2.08. The van der Waals surface area contributed by atoms with Crippen LogP contribution in [0.4, 0.5) is 4.39 Å². The average Bonchev–Trinajstić information content (AvgIpc) is 2.57. The predicted molar refractivity (Wildman–Crippen MR) is 79.3 cm³/mol. The summed E-state index contributed by atoms with van der Waals surface area (Å²) < 4.78 is 16.8. The summed E-state index contributed by atoms with van der Waals surface area (Å²) in [5, 5.41) is 0. The second-order valence-electron chi connectivity index (χ2n) is 4.07. The van der Waals surface area contributed by atoms with Crippen molar-refractivity contribution in [3.8, 4) is 0 Å². The van der Waals surface area contributed by atoms with Crippen LogP contribution < -0.4 is 0 Å². The average molecular weight is 364 g/mol. The Labute approximate surface area is 118 Å². The van der Waals surface area contributed by atoms with Gasteiger partial charge >= 0.3 is 0 Å². The molecule has 1 aromatic heterocycles. The number of aryl methyl sites for hydroxylation is 1. The van der Waals surface area contributed by atoms with Crippen molar-refractivity contribution < 1.29 is 4.39 Å². The van der Waals surface area contributed by atoms with E-state index in [1.165, 1.54) is 12.8 Å². The first kappa shape index (κ1) is 13.0. The van der Waals surface area contributed by atoms with Crippen LogP contribution in [0, 0.1) is 14.2 Å². The highest BCUT2D eigenvalue weighted by atomic mass is 127. The lowest BCUT2D eigenvalue weighted by Crippen LogP contribution is -1.98. The van der Waals surface area contributed by atoms with E-state index < -0.39 is 0 Å². The number of nitrogens with one attached hydrogen (secondary N) is 1. The fraction of sp³-hybridized carbons (Fsp3) is 0.417. The Morgan fingerprint density at radius 2 is 2.18 bits per heavy atom. The first-order valence-electron chi connectivity index (χ1n) is 5.71. The molecule has 0 saturated heterocycles. The highest BCUT2D eigenvalue weighted by molar-refractivity contribution is 14.1. The van der Waals surface area contributed by atoms with Crippen LogP contribution in [0.1, 0.15) is 26.2 Å². The zero-order valence-electron chi connectivity index (χ0n) is 9.59. The molecule has 0 saturated carbocycles. The SMILES string of the molecule is CCCCCn1c(=S)[nH]c2cc(I)c(F)cc21. The molecule has 17 heavy (non-hydrogen) atoms. The van der Waals surface area contributed by atoms with Crippen LogP contribution in [0.3, 0.4) is 0 Å². The monoisotopic (exact) mass is 364 g/mol. The van der Waals surface area contributed by atoms with Crippen molar-refractivity contribution in [1.82, 2.24) is 9.55 Å². The maximum Gasteiger partial charge on any atom is 0.178 e. The molecule has 92 valence electrons. The molecule has 1 N–H and O–H groups in total. The Morgan fingerprint density at radius 3 is 2.88 bits per heavy atom. The van der Waals surface area contributed by atoms with E-state index in [2.05, 4.69) is 11.9 Å². The Balaban J connectivity index is 2.44. The second-order valence-corrected chi connectivity index (χ2v) is 5.62. The van der Waals surface area contributed by atoms with Crippen LogP contribution in [0.25, 0.3) is 11.0 Å². The zero-order chi connectivity index (χ0) is 12.4. The fourth-order valence-corrected chi connectivity index (χ4v) is 2.66. The number of fused-ring (bicyclic) bond motifs is 1. The number of hydrogen-bond donors (Lipinski definition) is 1. The summed E-state index contributed by atoms with van der Waals surface area (Å²) in [7, 11) is 0. The molecular formula is C12H14FIN2S. The summed E-state index contributed by atoms with van der Waals surface area (Å²) in [6.45, 7) is 3.02. The van der Waals surface area contributed by atoms with Crippen molar-refractivity contribution in [3.63, 3.8) is 0 Å². The van der Waals surface area contributed by atoms with Gasteiger partial charge < -0.3 is 9.55 Å². The van der Waals surface area contributed by atoms with E-state index in [1.807, 2.05) is 27.2 Å². The maximum absolute atomic E-state index is 13.6. The summed E-state index contributed by atoms with van der Waals surface area (Å²) in [6.07, 6.45) is 3.41. The molecule has 2 aromatic rings. The molecule has 0 radical (unpaired) electrons.